The summed E-state index contributed by atoms with van der Waals surface area (Å²) in [5, 5.41) is 4.72. The Balaban J connectivity index is 1.73. The SMILES string of the molecule is C[C@@H](OC(=O)CSCc1cccs1)C(=O)Nc1cccc(Br)c1. The number of thioether (sulfide) groups is 1. The first-order valence-electron chi connectivity index (χ1n) is 6.90. The zero-order chi connectivity index (χ0) is 16.7. The highest BCUT2D eigenvalue weighted by Gasteiger charge is 2.18. The van der Waals surface area contributed by atoms with Crippen molar-refractivity contribution in [3.63, 3.8) is 0 Å². The zero-order valence-electron chi connectivity index (χ0n) is 12.5. The minimum atomic E-state index is -0.830. The first kappa shape index (κ1) is 18.0. The average Bonchev–Trinajstić information content (AvgIpc) is 3.00. The van der Waals surface area contributed by atoms with Gasteiger partial charge in [-0.05, 0) is 36.6 Å². The summed E-state index contributed by atoms with van der Waals surface area (Å²) in [5.74, 6) is 0.265. The number of halogens is 1. The van der Waals surface area contributed by atoms with Gasteiger partial charge in [0.15, 0.2) is 6.10 Å². The Bertz CT molecular complexity index is 661. The molecule has 7 heteroatoms. The van der Waals surface area contributed by atoms with Gasteiger partial charge in [0.25, 0.3) is 5.91 Å². The molecule has 1 aromatic carbocycles. The lowest BCUT2D eigenvalue weighted by atomic mass is 10.3. The first-order chi connectivity index (χ1) is 11.0. The van der Waals surface area contributed by atoms with E-state index >= 15 is 0 Å². The Morgan fingerprint density at radius 1 is 1.35 bits per heavy atom. The minimum absolute atomic E-state index is 0.229. The smallest absolute Gasteiger partial charge is 0.316 e. The molecule has 0 aliphatic rings. The van der Waals surface area contributed by atoms with Crippen LogP contribution in [0.15, 0.2) is 46.3 Å². The van der Waals surface area contributed by atoms with Crippen molar-refractivity contribution in [2.45, 2.75) is 18.8 Å². The maximum Gasteiger partial charge on any atom is 0.316 e. The largest absolute Gasteiger partial charge is 0.452 e. The molecule has 0 bridgehead atoms. The monoisotopic (exact) mass is 413 g/mol. The van der Waals surface area contributed by atoms with E-state index in [9.17, 15) is 9.59 Å². The molecular formula is C16H16BrNO3S2. The summed E-state index contributed by atoms with van der Waals surface area (Å²) in [5.41, 5.74) is 0.652. The molecule has 1 N–H and O–H groups in total. The number of amides is 1. The molecule has 0 unspecified atom stereocenters. The quantitative estimate of drug-likeness (QED) is 0.686. The van der Waals surface area contributed by atoms with Gasteiger partial charge in [-0.2, -0.15) is 0 Å². The topological polar surface area (TPSA) is 55.4 Å². The van der Waals surface area contributed by atoms with Crippen LogP contribution in [0, 0.1) is 0 Å². The van der Waals surface area contributed by atoms with Crippen molar-refractivity contribution in [2.24, 2.45) is 0 Å². The van der Waals surface area contributed by atoms with Crippen LogP contribution in [0.1, 0.15) is 11.8 Å². The molecule has 0 aliphatic heterocycles. The molecule has 1 atom stereocenters. The highest BCUT2D eigenvalue weighted by Crippen LogP contribution is 2.18. The Morgan fingerprint density at radius 2 is 2.17 bits per heavy atom. The standard InChI is InChI=1S/C16H16BrNO3S2/c1-11(16(20)18-13-5-2-4-12(17)8-13)21-15(19)10-22-9-14-6-3-7-23-14/h2-8,11H,9-10H2,1H3,(H,18,20)/t11-/m1/s1. The van der Waals surface area contributed by atoms with E-state index in [0.29, 0.717) is 5.69 Å². The van der Waals surface area contributed by atoms with E-state index < -0.39 is 6.10 Å². The summed E-state index contributed by atoms with van der Waals surface area (Å²) in [6.07, 6.45) is -0.830. The molecule has 23 heavy (non-hydrogen) atoms. The number of esters is 1. The molecule has 1 aromatic heterocycles. The molecule has 1 amide bonds. The molecule has 4 nitrogen and oxygen atoms in total. The van der Waals surface area contributed by atoms with Crippen molar-refractivity contribution >= 4 is 56.6 Å². The molecule has 0 saturated carbocycles. The fourth-order valence-electron chi connectivity index (χ4n) is 1.72. The maximum atomic E-state index is 12.0. The minimum Gasteiger partial charge on any atom is -0.452 e. The molecule has 2 rings (SSSR count). The summed E-state index contributed by atoms with van der Waals surface area (Å²) in [7, 11) is 0. The van der Waals surface area contributed by atoms with Gasteiger partial charge in [-0.15, -0.1) is 23.1 Å². The summed E-state index contributed by atoms with van der Waals surface area (Å²) < 4.78 is 6.02. The second kappa shape index (κ2) is 9.10. The van der Waals surface area contributed by atoms with Crippen LogP contribution in [-0.2, 0) is 20.1 Å². The van der Waals surface area contributed by atoms with Crippen LogP contribution in [0.4, 0.5) is 5.69 Å². The van der Waals surface area contributed by atoms with Gasteiger partial charge in [0, 0.05) is 20.8 Å². The zero-order valence-corrected chi connectivity index (χ0v) is 15.7. The number of anilines is 1. The van der Waals surface area contributed by atoms with E-state index in [4.69, 9.17) is 4.74 Å². The predicted molar refractivity (Wildman–Crippen MR) is 98.8 cm³/mol. The van der Waals surface area contributed by atoms with Crippen molar-refractivity contribution in [1.82, 2.24) is 0 Å². The lowest BCUT2D eigenvalue weighted by molar-refractivity contribution is -0.150. The second-order valence-corrected chi connectivity index (χ2v) is 7.64. The molecule has 0 fully saturated rings. The Morgan fingerprint density at radius 3 is 2.87 bits per heavy atom. The average molecular weight is 414 g/mol. The first-order valence-corrected chi connectivity index (χ1v) is 9.73. The molecule has 122 valence electrons. The number of nitrogens with one attached hydrogen (secondary N) is 1. The molecule has 0 saturated heterocycles. The normalized spacial score (nSPS) is 11.7. The van der Waals surface area contributed by atoms with Crippen LogP contribution in [0.2, 0.25) is 0 Å². The lowest BCUT2D eigenvalue weighted by Gasteiger charge is -2.13. The summed E-state index contributed by atoms with van der Waals surface area (Å²) >= 11 is 6.47. The van der Waals surface area contributed by atoms with Crippen molar-refractivity contribution in [1.29, 1.82) is 0 Å². The predicted octanol–water partition coefficient (Wildman–Crippen LogP) is 4.31. The van der Waals surface area contributed by atoms with Crippen molar-refractivity contribution < 1.29 is 14.3 Å². The summed E-state index contributed by atoms with van der Waals surface area (Å²) in [6, 6.07) is 11.2. The van der Waals surface area contributed by atoms with Crippen molar-refractivity contribution in [3.05, 3.63) is 51.1 Å². The van der Waals surface area contributed by atoms with Crippen LogP contribution in [0.3, 0.4) is 0 Å². The lowest BCUT2D eigenvalue weighted by Crippen LogP contribution is -2.30. The van der Waals surface area contributed by atoms with E-state index in [2.05, 4.69) is 21.2 Å². The van der Waals surface area contributed by atoms with E-state index in [1.165, 1.54) is 16.6 Å². The van der Waals surface area contributed by atoms with Crippen LogP contribution >= 0.6 is 39.0 Å². The molecule has 0 aliphatic carbocycles. The van der Waals surface area contributed by atoms with Crippen LogP contribution < -0.4 is 5.32 Å². The third kappa shape index (κ3) is 6.37. The third-order valence-electron chi connectivity index (χ3n) is 2.81. The van der Waals surface area contributed by atoms with Gasteiger partial charge in [-0.1, -0.05) is 28.1 Å². The van der Waals surface area contributed by atoms with E-state index in [1.54, 1.807) is 30.4 Å². The van der Waals surface area contributed by atoms with Gasteiger partial charge >= 0.3 is 5.97 Å². The van der Waals surface area contributed by atoms with Gasteiger partial charge in [0.05, 0.1) is 5.75 Å². The fourth-order valence-corrected chi connectivity index (χ4v) is 3.77. The van der Waals surface area contributed by atoms with E-state index in [-0.39, 0.29) is 17.6 Å². The number of hydrogen-bond donors (Lipinski definition) is 1. The van der Waals surface area contributed by atoms with E-state index in [0.717, 1.165) is 10.2 Å². The van der Waals surface area contributed by atoms with E-state index in [1.807, 2.05) is 29.6 Å². The molecule has 2 aromatic rings. The van der Waals surface area contributed by atoms with Crippen LogP contribution in [0.5, 0.6) is 0 Å². The number of rotatable bonds is 7. The number of thiophene rings is 1. The van der Waals surface area contributed by atoms with Crippen molar-refractivity contribution in [3.8, 4) is 0 Å². The van der Waals surface area contributed by atoms with Gasteiger partial charge in [-0.25, -0.2) is 0 Å². The molecule has 0 spiro atoms. The third-order valence-corrected chi connectivity index (χ3v) is 5.32. The number of carbonyl (C=O) groups excluding carboxylic acids is 2. The Kier molecular flexibility index (Phi) is 7.14. The highest BCUT2D eigenvalue weighted by atomic mass is 79.9. The Labute approximate surface area is 151 Å². The van der Waals surface area contributed by atoms with Gasteiger partial charge in [-0.3, -0.25) is 9.59 Å². The van der Waals surface area contributed by atoms with Gasteiger partial charge in [0.2, 0.25) is 0 Å². The number of carbonyl (C=O) groups is 2. The highest BCUT2D eigenvalue weighted by molar-refractivity contribution is 9.10. The molecule has 1 heterocycles. The van der Waals surface area contributed by atoms with Crippen LogP contribution in [0.25, 0.3) is 0 Å². The van der Waals surface area contributed by atoms with Crippen LogP contribution in [-0.4, -0.2) is 23.7 Å². The molecule has 0 radical (unpaired) electrons. The number of hydrogen-bond acceptors (Lipinski definition) is 5. The van der Waals surface area contributed by atoms with Gasteiger partial charge < -0.3 is 10.1 Å². The fraction of sp³-hybridized carbons (Fsp3) is 0.250. The number of ether oxygens (including phenoxy) is 1. The Hall–Kier alpha value is -1.31. The van der Waals surface area contributed by atoms with Crippen molar-refractivity contribution in [2.75, 3.05) is 11.1 Å². The molecular weight excluding hydrogens is 398 g/mol. The second-order valence-electron chi connectivity index (χ2n) is 4.70. The van der Waals surface area contributed by atoms with Gasteiger partial charge in [0.1, 0.15) is 0 Å². The number of benzene rings is 1. The maximum absolute atomic E-state index is 12.0. The summed E-state index contributed by atoms with van der Waals surface area (Å²) in [6.45, 7) is 1.56. The summed E-state index contributed by atoms with van der Waals surface area (Å²) in [4.78, 5) is 25.0.